The molecule has 0 saturated carbocycles. The van der Waals surface area contributed by atoms with Crippen LogP contribution in [0.15, 0.2) is 30.3 Å². The molecule has 1 saturated heterocycles. The first-order valence-corrected chi connectivity index (χ1v) is 8.18. The van der Waals surface area contributed by atoms with Gasteiger partial charge in [0.15, 0.2) is 0 Å². The van der Waals surface area contributed by atoms with E-state index in [9.17, 15) is 19.8 Å². The number of hydrogen-bond acceptors (Lipinski definition) is 6. The van der Waals surface area contributed by atoms with E-state index < -0.39 is 48.2 Å². The average molecular weight is 352 g/mol. The Morgan fingerprint density at radius 1 is 1.32 bits per heavy atom. The zero-order valence-electron chi connectivity index (χ0n) is 14.3. The van der Waals surface area contributed by atoms with Gasteiger partial charge in [-0.2, -0.15) is 0 Å². The number of benzene rings is 1. The van der Waals surface area contributed by atoms with Gasteiger partial charge in [0.2, 0.25) is 0 Å². The second kappa shape index (κ2) is 7.95. The van der Waals surface area contributed by atoms with Crippen molar-refractivity contribution in [1.82, 2.24) is 0 Å². The van der Waals surface area contributed by atoms with Gasteiger partial charge < -0.3 is 24.8 Å². The lowest BCUT2D eigenvalue weighted by Crippen LogP contribution is -2.58. The Hall–Kier alpha value is -1.96. The lowest BCUT2D eigenvalue weighted by atomic mass is 9.72. The van der Waals surface area contributed by atoms with E-state index in [0.717, 1.165) is 0 Å². The highest BCUT2D eigenvalue weighted by Crippen LogP contribution is 2.42. The summed E-state index contributed by atoms with van der Waals surface area (Å²) >= 11 is 0. The highest BCUT2D eigenvalue weighted by molar-refractivity contribution is 5.89. The molecule has 0 aliphatic carbocycles. The number of ether oxygens (including phenoxy) is 2. The first-order chi connectivity index (χ1) is 11.7. The zero-order valence-corrected chi connectivity index (χ0v) is 14.3. The molecule has 1 aliphatic rings. The second-order valence-corrected chi connectivity index (χ2v) is 6.81. The molecule has 7 heteroatoms. The van der Waals surface area contributed by atoms with Crippen molar-refractivity contribution < 1.29 is 34.4 Å². The van der Waals surface area contributed by atoms with Crippen molar-refractivity contribution in [3.05, 3.63) is 35.9 Å². The van der Waals surface area contributed by atoms with Gasteiger partial charge in [0, 0.05) is 5.41 Å². The lowest BCUT2D eigenvalue weighted by Gasteiger charge is -2.50. The molecule has 0 radical (unpaired) electrons. The van der Waals surface area contributed by atoms with E-state index in [-0.39, 0.29) is 6.42 Å². The third-order valence-electron chi connectivity index (χ3n) is 4.49. The number of hydrogen-bond donors (Lipinski definition) is 3. The largest absolute Gasteiger partial charge is 0.481 e. The maximum Gasteiger partial charge on any atom is 0.338 e. The lowest BCUT2D eigenvalue weighted by molar-refractivity contribution is -0.233. The summed E-state index contributed by atoms with van der Waals surface area (Å²) in [4.78, 5) is 23.0. The van der Waals surface area contributed by atoms with Crippen LogP contribution in [-0.2, 0) is 14.3 Å². The number of rotatable bonds is 8. The summed E-state index contributed by atoms with van der Waals surface area (Å²) in [6, 6.07) is 8.45. The highest BCUT2D eigenvalue weighted by atomic mass is 16.6. The Bertz CT molecular complexity index is 601. The molecule has 1 aliphatic heterocycles. The summed E-state index contributed by atoms with van der Waals surface area (Å²) in [6.07, 6.45) is -3.71. The molecular weight excluding hydrogens is 328 g/mol. The van der Waals surface area contributed by atoms with Gasteiger partial charge in [0.1, 0.15) is 6.10 Å². The summed E-state index contributed by atoms with van der Waals surface area (Å²) in [5, 5.41) is 28.8. The Morgan fingerprint density at radius 3 is 2.44 bits per heavy atom. The summed E-state index contributed by atoms with van der Waals surface area (Å²) in [6.45, 7) is 3.63. The predicted octanol–water partition coefficient (Wildman–Crippen LogP) is 1.22. The monoisotopic (exact) mass is 352 g/mol. The van der Waals surface area contributed by atoms with E-state index in [1.54, 1.807) is 30.3 Å². The van der Waals surface area contributed by atoms with Crippen LogP contribution in [0.25, 0.3) is 0 Å². The average Bonchev–Trinajstić information content (AvgIpc) is 2.52. The van der Waals surface area contributed by atoms with E-state index in [2.05, 4.69) is 0 Å². The van der Waals surface area contributed by atoms with Crippen molar-refractivity contribution in [2.24, 2.45) is 5.41 Å². The first-order valence-electron chi connectivity index (χ1n) is 8.18. The van der Waals surface area contributed by atoms with Crippen molar-refractivity contribution in [1.29, 1.82) is 0 Å². The number of aliphatic hydroxyl groups is 2. The molecule has 0 aromatic heterocycles. The van der Waals surface area contributed by atoms with Crippen LogP contribution in [0.5, 0.6) is 0 Å². The molecule has 2 rings (SSSR count). The van der Waals surface area contributed by atoms with Gasteiger partial charge in [-0.3, -0.25) is 4.79 Å². The fraction of sp³-hybridized carbons (Fsp3) is 0.556. The van der Waals surface area contributed by atoms with Gasteiger partial charge in [0.25, 0.3) is 0 Å². The number of carboxylic acid groups (broad SMARTS) is 1. The molecule has 1 aromatic rings. The van der Waals surface area contributed by atoms with Crippen LogP contribution in [0, 0.1) is 5.41 Å². The third-order valence-corrected chi connectivity index (χ3v) is 4.49. The second-order valence-electron chi connectivity index (χ2n) is 6.81. The standard InChI is InChI=1S/C18H24O7/c1-11(19)14(25-17(23)12-6-4-3-5-7-12)9-18(2)10-24-16(18)13(20)8-15(21)22/h3-7,11,13-14,16,19-20H,8-10H2,1-2H3,(H,21,22)/t11-,13?,14+,16?,18-/m1/s1. The number of aliphatic carboxylic acids is 1. The van der Waals surface area contributed by atoms with E-state index in [0.29, 0.717) is 12.2 Å². The van der Waals surface area contributed by atoms with Crippen molar-refractivity contribution in [2.75, 3.05) is 6.61 Å². The van der Waals surface area contributed by atoms with Crippen LogP contribution >= 0.6 is 0 Å². The minimum atomic E-state index is -1.16. The summed E-state index contributed by atoms with van der Waals surface area (Å²) in [5.41, 5.74) is -0.210. The molecule has 25 heavy (non-hydrogen) atoms. The molecule has 1 aromatic carbocycles. The van der Waals surface area contributed by atoms with E-state index >= 15 is 0 Å². The maximum atomic E-state index is 12.2. The fourth-order valence-corrected chi connectivity index (χ4v) is 3.05. The summed E-state index contributed by atoms with van der Waals surface area (Å²) in [7, 11) is 0. The number of aliphatic hydroxyl groups excluding tert-OH is 2. The Kier molecular flexibility index (Phi) is 6.16. The van der Waals surface area contributed by atoms with Crippen molar-refractivity contribution >= 4 is 11.9 Å². The number of carbonyl (C=O) groups excluding carboxylic acids is 1. The highest BCUT2D eigenvalue weighted by Gasteiger charge is 2.50. The van der Waals surface area contributed by atoms with Gasteiger partial charge in [-0.1, -0.05) is 25.1 Å². The van der Waals surface area contributed by atoms with Gasteiger partial charge in [-0.25, -0.2) is 4.79 Å². The third kappa shape index (κ3) is 4.78. The van der Waals surface area contributed by atoms with E-state index in [1.165, 1.54) is 6.92 Å². The molecule has 7 nitrogen and oxygen atoms in total. The van der Waals surface area contributed by atoms with Gasteiger partial charge in [-0.15, -0.1) is 0 Å². The van der Waals surface area contributed by atoms with E-state index in [4.69, 9.17) is 14.6 Å². The molecule has 1 heterocycles. The van der Waals surface area contributed by atoms with Crippen molar-refractivity contribution in [2.45, 2.75) is 51.1 Å². The minimum Gasteiger partial charge on any atom is -0.481 e. The van der Waals surface area contributed by atoms with Gasteiger partial charge in [0.05, 0.1) is 36.9 Å². The van der Waals surface area contributed by atoms with Crippen LogP contribution < -0.4 is 0 Å². The molecule has 138 valence electrons. The van der Waals surface area contributed by atoms with Crippen LogP contribution in [0.4, 0.5) is 0 Å². The SMILES string of the molecule is C[C@@H](O)[C@H](C[C@]1(C)COC1C(O)CC(=O)O)OC(=O)c1ccccc1. The normalized spacial score (nSPS) is 26.2. The molecule has 0 spiro atoms. The number of esters is 1. The molecule has 0 bridgehead atoms. The number of carboxylic acids is 1. The molecule has 3 N–H and O–H groups in total. The Balaban J connectivity index is 2.03. The zero-order chi connectivity index (χ0) is 18.6. The Labute approximate surface area is 146 Å². The quantitative estimate of drug-likeness (QED) is 0.603. The summed E-state index contributed by atoms with van der Waals surface area (Å²) < 4.78 is 10.8. The smallest absolute Gasteiger partial charge is 0.338 e. The van der Waals surface area contributed by atoms with Crippen LogP contribution in [0.3, 0.4) is 0 Å². The van der Waals surface area contributed by atoms with Crippen LogP contribution in [0.2, 0.25) is 0 Å². The fourth-order valence-electron chi connectivity index (χ4n) is 3.05. The van der Waals surface area contributed by atoms with Gasteiger partial charge >= 0.3 is 11.9 Å². The topological polar surface area (TPSA) is 113 Å². The molecular formula is C18H24O7. The maximum absolute atomic E-state index is 12.2. The van der Waals surface area contributed by atoms with Crippen LogP contribution in [-0.4, -0.2) is 58.3 Å². The predicted molar refractivity (Wildman–Crippen MR) is 88.0 cm³/mol. The molecule has 0 amide bonds. The Morgan fingerprint density at radius 2 is 1.96 bits per heavy atom. The number of carbonyl (C=O) groups is 2. The van der Waals surface area contributed by atoms with E-state index in [1.807, 2.05) is 6.92 Å². The molecule has 1 fully saturated rings. The first kappa shape index (κ1) is 19.4. The van der Waals surface area contributed by atoms with Crippen LogP contribution in [0.1, 0.15) is 37.0 Å². The van der Waals surface area contributed by atoms with Crippen molar-refractivity contribution in [3.8, 4) is 0 Å². The molecule has 2 unspecified atom stereocenters. The van der Waals surface area contributed by atoms with Gasteiger partial charge in [-0.05, 0) is 25.5 Å². The molecule has 5 atom stereocenters. The minimum absolute atomic E-state index is 0.255. The summed E-state index contributed by atoms with van der Waals surface area (Å²) in [5.74, 6) is -1.66. The van der Waals surface area contributed by atoms with Crippen molar-refractivity contribution in [3.63, 3.8) is 0 Å².